The van der Waals surface area contributed by atoms with Gasteiger partial charge in [-0.2, -0.15) is 4.98 Å². The first-order chi connectivity index (χ1) is 11.0. The van der Waals surface area contributed by atoms with Crippen LogP contribution in [0.5, 0.6) is 5.88 Å². The van der Waals surface area contributed by atoms with E-state index in [1.165, 1.54) is 32.7 Å². The highest BCUT2D eigenvalue weighted by molar-refractivity contribution is 7.99. The predicted molar refractivity (Wildman–Crippen MR) is 81.6 cm³/mol. The third-order valence-electron chi connectivity index (χ3n) is 2.79. The molecule has 10 heteroatoms. The third kappa shape index (κ3) is 3.48. The molecular formula is C13H12N4O5S. The van der Waals surface area contributed by atoms with Gasteiger partial charge in [0.05, 0.1) is 24.7 Å². The van der Waals surface area contributed by atoms with Gasteiger partial charge < -0.3 is 15.2 Å². The fourth-order valence-corrected chi connectivity index (χ4v) is 2.60. The normalized spacial score (nSPS) is 10.2. The predicted octanol–water partition coefficient (Wildman–Crippen LogP) is 1.91. The van der Waals surface area contributed by atoms with E-state index in [2.05, 4.69) is 14.7 Å². The molecule has 0 aliphatic rings. The monoisotopic (exact) mass is 336 g/mol. The van der Waals surface area contributed by atoms with Gasteiger partial charge in [0.15, 0.2) is 0 Å². The molecule has 2 N–H and O–H groups in total. The summed E-state index contributed by atoms with van der Waals surface area (Å²) in [5.74, 6) is -0.500. The van der Waals surface area contributed by atoms with E-state index < -0.39 is 10.9 Å². The lowest BCUT2D eigenvalue weighted by atomic mass is 10.2. The van der Waals surface area contributed by atoms with Crippen molar-refractivity contribution in [3.8, 4) is 5.88 Å². The molecule has 0 radical (unpaired) electrons. The number of nitro groups is 1. The molecule has 9 nitrogen and oxygen atoms in total. The van der Waals surface area contributed by atoms with Crippen LogP contribution in [0.2, 0.25) is 0 Å². The number of rotatable bonds is 5. The van der Waals surface area contributed by atoms with Crippen LogP contribution >= 0.6 is 11.8 Å². The lowest BCUT2D eigenvalue weighted by molar-refractivity contribution is -0.384. The van der Waals surface area contributed by atoms with Crippen LogP contribution in [0.25, 0.3) is 0 Å². The van der Waals surface area contributed by atoms with Crippen molar-refractivity contribution in [3.05, 3.63) is 40.2 Å². The van der Waals surface area contributed by atoms with Gasteiger partial charge in [-0.05, 0) is 6.07 Å². The second-order valence-electron chi connectivity index (χ2n) is 4.13. The Morgan fingerprint density at radius 3 is 2.70 bits per heavy atom. The molecule has 0 fully saturated rings. The number of hydrogen-bond donors (Lipinski definition) is 1. The Kier molecular flexibility index (Phi) is 4.96. The number of nitro benzene ring substituents is 1. The van der Waals surface area contributed by atoms with E-state index in [1.807, 2.05) is 0 Å². The van der Waals surface area contributed by atoms with E-state index in [1.54, 1.807) is 0 Å². The van der Waals surface area contributed by atoms with Crippen LogP contribution < -0.4 is 10.5 Å². The Hall–Kier alpha value is -2.88. The number of nitrogens with two attached hydrogens (primary N) is 1. The molecule has 2 aromatic rings. The van der Waals surface area contributed by atoms with Crippen LogP contribution in [0.4, 0.5) is 11.4 Å². The van der Waals surface area contributed by atoms with Crippen LogP contribution in [0.3, 0.4) is 0 Å². The topological polar surface area (TPSA) is 130 Å². The number of carbonyl (C=O) groups excluding carboxylic acids is 1. The van der Waals surface area contributed by atoms with E-state index in [4.69, 9.17) is 10.5 Å². The quantitative estimate of drug-likeness (QED) is 0.376. The number of esters is 1. The fraction of sp³-hybridized carbons (Fsp3) is 0.154. The van der Waals surface area contributed by atoms with Gasteiger partial charge in [-0.1, -0.05) is 11.8 Å². The second kappa shape index (κ2) is 6.92. The molecule has 120 valence electrons. The number of carbonyl (C=O) groups is 1. The first-order valence-corrected chi connectivity index (χ1v) is 6.98. The number of methoxy groups -OCH3 is 2. The molecule has 1 aromatic heterocycles. The minimum absolute atomic E-state index is 0.0451. The number of anilines is 1. The summed E-state index contributed by atoms with van der Waals surface area (Å²) in [6, 6.07) is 3.86. The Morgan fingerprint density at radius 2 is 2.09 bits per heavy atom. The summed E-state index contributed by atoms with van der Waals surface area (Å²) in [4.78, 5) is 30.4. The van der Waals surface area contributed by atoms with Crippen molar-refractivity contribution >= 4 is 29.1 Å². The Labute approximate surface area is 135 Å². The number of benzene rings is 1. The molecule has 0 saturated carbocycles. The molecular weight excluding hydrogens is 324 g/mol. The Balaban J connectivity index is 2.47. The first kappa shape index (κ1) is 16.5. The van der Waals surface area contributed by atoms with Crippen molar-refractivity contribution < 1.29 is 19.2 Å². The molecule has 0 spiro atoms. The highest BCUT2D eigenvalue weighted by atomic mass is 32.2. The smallest absolute Gasteiger partial charge is 0.339 e. The van der Waals surface area contributed by atoms with Crippen LogP contribution in [-0.4, -0.2) is 35.1 Å². The van der Waals surface area contributed by atoms with E-state index in [0.717, 1.165) is 17.8 Å². The second-order valence-corrected chi connectivity index (χ2v) is 5.16. The number of nitrogen functional groups attached to an aromatic ring is 1. The summed E-state index contributed by atoms with van der Waals surface area (Å²) < 4.78 is 9.66. The minimum Gasteiger partial charge on any atom is -0.479 e. The maximum Gasteiger partial charge on any atom is 0.339 e. The number of hydrogen-bond acceptors (Lipinski definition) is 9. The van der Waals surface area contributed by atoms with Gasteiger partial charge in [0.25, 0.3) is 5.69 Å². The van der Waals surface area contributed by atoms with Crippen molar-refractivity contribution in [1.29, 1.82) is 0 Å². The number of non-ortho nitro benzene ring substituents is 1. The van der Waals surface area contributed by atoms with Gasteiger partial charge in [-0.3, -0.25) is 10.1 Å². The lowest BCUT2D eigenvalue weighted by Crippen LogP contribution is -2.05. The van der Waals surface area contributed by atoms with Crippen LogP contribution in [-0.2, 0) is 4.74 Å². The summed E-state index contributed by atoms with van der Waals surface area (Å²) in [5.41, 5.74) is 5.91. The van der Waals surface area contributed by atoms with E-state index >= 15 is 0 Å². The summed E-state index contributed by atoms with van der Waals surface area (Å²) in [7, 11) is 2.61. The lowest BCUT2D eigenvalue weighted by Gasteiger charge is -2.10. The first-order valence-electron chi connectivity index (χ1n) is 6.17. The summed E-state index contributed by atoms with van der Waals surface area (Å²) in [6.07, 6.45) is 1.26. The summed E-state index contributed by atoms with van der Waals surface area (Å²) >= 11 is 1.05. The molecule has 0 amide bonds. The van der Waals surface area contributed by atoms with Gasteiger partial charge in [0, 0.05) is 17.0 Å². The summed E-state index contributed by atoms with van der Waals surface area (Å²) in [5, 5.41) is 11.2. The molecule has 0 bridgehead atoms. The third-order valence-corrected chi connectivity index (χ3v) is 3.88. The van der Waals surface area contributed by atoms with Crippen molar-refractivity contribution in [3.63, 3.8) is 0 Å². The molecule has 0 aliphatic heterocycles. The van der Waals surface area contributed by atoms with Gasteiger partial charge in [-0.15, -0.1) is 0 Å². The summed E-state index contributed by atoms with van der Waals surface area (Å²) in [6.45, 7) is 0. The standard InChI is InChI=1S/C13H12N4O5S/c1-21-11-10(14)12(16-6-15-11)23-9-4-3-7(17(19)20)5-8(9)13(18)22-2/h3-6H,14H2,1-2H3. The van der Waals surface area contributed by atoms with Gasteiger partial charge >= 0.3 is 5.97 Å². The zero-order chi connectivity index (χ0) is 17.0. The number of aromatic nitrogens is 2. The maximum absolute atomic E-state index is 11.9. The zero-order valence-corrected chi connectivity index (χ0v) is 13.0. The minimum atomic E-state index is -0.698. The van der Waals surface area contributed by atoms with Gasteiger partial charge in [0.1, 0.15) is 17.0 Å². The molecule has 2 rings (SSSR count). The Bertz CT molecular complexity index is 768. The van der Waals surface area contributed by atoms with E-state index in [0.29, 0.717) is 9.92 Å². The van der Waals surface area contributed by atoms with Crippen molar-refractivity contribution in [1.82, 2.24) is 9.97 Å². The van der Waals surface area contributed by atoms with Gasteiger partial charge in [-0.25, -0.2) is 9.78 Å². The van der Waals surface area contributed by atoms with Crippen molar-refractivity contribution in [2.75, 3.05) is 20.0 Å². The number of ether oxygens (including phenoxy) is 2. The number of nitrogens with zero attached hydrogens (tertiary/aromatic N) is 3. The molecule has 0 aliphatic carbocycles. The molecule has 0 unspecified atom stereocenters. The van der Waals surface area contributed by atoms with E-state index in [9.17, 15) is 14.9 Å². The van der Waals surface area contributed by atoms with Crippen LogP contribution in [0.15, 0.2) is 34.4 Å². The maximum atomic E-state index is 11.9. The average Bonchev–Trinajstić information content (AvgIpc) is 2.56. The SMILES string of the molecule is COC(=O)c1cc([N+](=O)[O-])ccc1Sc1ncnc(OC)c1N. The zero-order valence-electron chi connectivity index (χ0n) is 12.2. The van der Waals surface area contributed by atoms with Gasteiger partial charge in [0.2, 0.25) is 5.88 Å². The Morgan fingerprint density at radius 1 is 1.35 bits per heavy atom. The molecule has 0 atom stereocenters. The van der Waals surface area contributed by atoms with E-state index in [-0.39, 0.29) is 22.8 Å². The fourth-order valence-electron chi connectivity index (χ4n) is 1.70. The highest BCUT2D eigenvalue weighted by Gasteiger charge is 2.20. The van der Waals surface area contributed by atoms with Crippen molar-refractivity contribution in [2.24, 2.45) is 0 Å². The van der Waals surface area contributed by atoms with Crippen LogP contribution in [0.1, 0.15) is 10.4 Å². The molecule has 23 heavy (non-hydrogen) atoms. The molecule has 1 heterocycles. The average molecular weight is 336 g/mol. The van der Waals surface area contributed by atoms with Crippen molar-refractivity contribution in [2.45, 2.75) is 9.92 Å². The molecule has 1 aromatic carbocycles. The largest absolute Gasteiger partial charge is 0.479 e. The molecule has 0 saturated heterocycles. The van der Waals surface area contributed by atoms with Crippen LogP contribution in [0, 0.1) is 10.1 Å². The highest BCUT2D eigenvalue weighted by Crippen LogP contribution is 2.36.